The van der Waals surface area contributed by atoms with Crippen LogP contribution in [0.2, 0.25) is 0 Å². The SMILES string of the molecule is c1ccc(-c2cccc(-c3nc(-c4ccccc4)nc(-c4cccc5oc(-c6ccccc6)nc45)n3)c2)cc1. The second-order valence-electron chi connectivity index (χ2n) is 9.16. The molecule has 0 atom stereocenters. The van der Waals surface area contributed by atoms with E-state index in [4.69, 9.17) is 24.4 Å². The van der Waals surface area contributed by atoms with E-state index in [1.165, 1.54) is 0 Å². The second-order valence-corrected chi connectivity index (χ2v) is 9.16. The Kier molecular flexibility index (Phi) is 5.72. The predicted octanol–water partition coefficient (Wildman–Crippen LogP) is 8.35. The van der Waals surface area contributed by atoms with Crippen LogP contribution in [-0.2, 0) is 0 Å². The Morgan fingerprint density at radius 2 is 0.923 bits per heavy atom. The number of fused-ring (bicyclic) bond motifs is 1. The van der Waals surface area contributed by atoms with E-state index in [0.29, 0.717) is 34.5 Å². The lowest BCUT2D eigenvalue weighted by molar-refractivity contribution is 0.620. The third-order valence-corrected chi connectivity index (χ3v) is 6.58. The number of aromatic nitrogens is 4. The van der Waals surface area contributed by atoms with Gasteiger partial charge in [0.25, 0.3) is 0 Å². The molecular weight excluding hydrogens is 480 g/mol. The summed E-state index contributed by atoms with van der Waals surface area (Å²) in [5.74, 6) is 2.30. The molecule has 0 unspecified atom stereocenters. The summed E-state index contributed by atoms with van der Waals surface area (Å²) in [5, 5.41) is 0. The van der Waals surface area contributed by atoms with Crippen molar-refractivity contribution in [3.63, 3.8) is 0 Å². The first-order valence-electron chi connectivity index (χ1n) is 12.7. The van der Waals surface area contributed by atoms with Gasteiger partial charge in [0.2, 0.25) is 5.89 Å². The molecule has 0 bridgehead atoms. The van der Waals surface area contributed by atoms with Crippen LogP contribution in [0.25, 0.3) is 67.8 Å². The molecular formula is C34H22N4O. The number of benzene rings is 5. The topological polar surface area (TPSA) is 64.7 Å². The van der Waals surface area contributed by atoms with E-state index in [-0.39, 0.29) is 0 Å². The summed E-state index contributed by atoms with van der Waals surface area (Å²) in [6, 6.07) is 44.3. The normalized spacial score (nSPS) is 11.1. The molecule has 5 aromatic carbocycles. The van der Waals surface area contributed by atoms with Crippen molar-refractivity contribution in [3.05, 3.63) is 133 Å². The minimum Gasteiger partial charge on any atom is -0.436 e. The van der Waals surface area contributed by atoms with Gasteiger partial charge in [-0.3, -0.25) is 0 Å². The van der Waals surface area contributed by atoms with Crippen LogP contribution in [0.4, 0.5) is 0 Å². The third kappa shape index (κ3) is 4.47. The lowest BCUT2D eigenvalue weighted by Crippen LogP contribution is -2.00. The minimum atomic E-state index is 0.544. The number of para-hydroxylation sites is 1. The summed E-state index contributed by atoms with van der Waals surface area (Å²) in [5.41, 5.74) is 7.16. The smallest absolute Gasteiger partial charge is 0.227 e. The minimum absolute atomic E-state index is 0.544. The molecule has 2 aromatic heterocycles. The van der Waals surface area contributed by atoms with E-state index in [1.54, 1.807) is 0 Å². The summed E-state index contributed by atoms with van der Waals surface area (Å²) in [6.07, 6.45) is 0. The first-order valence-corrected chi connectivity index (χ1v) is 12.7. The van der Waals surface area contributed by atoms with E-state index in [9.17, 15) is 0 Å². The molecule has 5 heteroatoms. The zero-order chi connectivity index (χ0) is 26.0. The van der Waals surface area contributed by atoms with Crippen molar-refractivity contribution in [1.29, 1.82) is 0 Å². The summed E-state index contributed by atoms with van der Waals surface area (Å²) in [6.45, 7) is 0. The summed E-state index contributed by atoms with van der Waals surface area (Å²) in [7, 11) is 0. The molecule has 5 nitrogen and oxygen atoms in total. The molecule has 184 valence electrons. The number of hydrogen-bond donors (Lipinski definition) is 0. The summed E-state index contributed by atoms with van der Waals surface area (Å²) >= 11 is 0. The first kappa shape index (κ1) is 22.8. The molecule has 7 rings (SSSR count). The summed E-state index contributed by atoms with van der Waals surface area (Å²) < 4.78 is 6.13. The molecule has 2 heterocycles. The second kappa shape index (κ2) is 9.80. The van der Waals surface area contributed by atoms with Crippen molar-refractivity contribution >= 4 is 11.1 Å². The number of hydrogen-bond acceptors (Lipinski definition) is 5. The molecule has 0 fully saturated rings. The fourth-order valence-corrected chi connectivity index (χ4v) is 4.64. The highest BCUT2D eigenvalue weighted by atomic mass is 16.3. The average Bonchev–Trinajstić information content (AvgIpc) is 3.47. The van der Waals surface area contributed by atoms with Gasteiger partial charge in [-0.15, -0.1) is 0 Å². The zero-order valence-corrected chi connectivity index (χ0v) is 20.9. The maximum absolute atomic E-state index is 6.13. The standard InChI is InChI=1S/C34H22N4O/c1-4-12-23(13-5-1)26-18-10-19-27(22-26)32-36-31(24-14-6-2-7-15-24)37-33(38-32)28-20-11-21-29-30(28)35-34(39-29)25-16-8-3-9-17-25/h1-22H. The maximum Gasteiger partial charge on any atom is 0.227 e. The van der Waals surface area contributed by atoms with Gasteiger partial charge in [0.1, 0.15) is 5.52 Å². The zero-order valence-electron chi connectivity index (χ0n) is 20.9. The van der Waals surface area contributed by atoms with Gasteiger partial charge < -0.3 is 4.42 Å². The Labute approximate surface area is 225 Å². The van der Waals surface area contributed by atoms with E-state index >= 15 is 0 Å². The van der Waals surface area contributed by atoms with E-state index in [0.717, 1.165) is 33.4 Å². The Balaban J connectivity index is 1.41. The molecule has 0 radical (unpaired) electrons. The lowest BCUT2D eigenvalue weighted by atomic mass is 10.0. The molecule has 0 saturated carbocycles. The Bertz CT molecular complexity index is 1900. The van der Waals surface area contributed by atoms with Gasteiger partial charge in [-0.1, -0.05) is 103 Å². The predicted molar refractivity (Wildman–Crippen MR) is 155 cm³/mol. The Hall–Kier alpha value is -5.42. The van der Waals surface area contributed by atoms with Gasteiger partial charge in [0, 0.05) is 22.3 Å². The van der Waals surface area contributed by atoms with Gasteiger partial charge in [-0.25, -0.2) is 19.9 Å². The molecule has 0 amide bonds. The average molecular weight is 503 g/mol. The van der Waals surface area contributed by atoms with Crippen LogP contribution in [0, 0.1) is 0 Å². The quantitative estimate of drug-likeness (QED) is 0.237. The van der Waals surface area contributed by atoms with Gasteiger partial charge in [-0.05, 0) is 41.5 Å². The first-order chi connectivity index (χ1) is 19.3. The molecule has 0 aliphatic heterocycles. The van der Waals surface area contributed by atoms with Crippen LogP contribution < -0.4 is 0 Å². The van der Waals surface area contributed by atoms with Crippen molar-refractivity contribution in [1.82, 2.24) is 19.9 Å². The number of rotatable bonds is 5. The van der Waals surface area contributed by atoms with Crippen molar-refractivity contribution in [2.45, 2.75) is 0 Å². The van der Waals surface area contributed by atoms with E-state index in [1.807, 2.05) is 109 Å². The Morgan fingerprint density at radius 1 is 0.385 bits per heavy atom. The maximum atomic E-state index is 6.13. The highest BCUT2D eigenvalue weighted by Crippen LogP contribution is 2.33. The molecule has 0 N–H and O–H groups in total. The number of nitrogens with zero attached hydrogens (tertiary/aromatic N) is 4. The van der Waals surface area contributed by atoms with Crippen LogP contribution in [0.5, 0.6) is 0 Å². The van der Waals surface area contributed by atoms with Crippen LogP contribution in [0.3, 0.4) is 0 Å². The fourth-order valence-electron chi connectivity index (χ4n) is 4.64. The van der Waals surface area contributed by atoms with E-state index < -0.39 is 0 Å². The van der Waals surface area contributed by atoms with Crippen LogP contribution in [0.15, 0.2) is 138 Å². The van der Waals surface area contributed by atoms with Crippen molar-refractivity contribution in [3.8, 4) is 56.7 Å². The van der Waals surface area contributed by atoms with Crippen molar-refractivity contribution < 1.29 is 4.42 Å². The van der Waals surface area contributed by atoms with Gasteiger partial charge in [0.15, 0.2) is 23.1 Å². The highest BCUT2D eigenvalue weighted by Gasteiger charge is 2.18. The summed E-state index contributed by atoms with van der Waals surface area (Å²) in [4.78, 5) is 19.6. The molecule has 39 heavy (non-hydrogen) atoms. The van der Waals surface area contributed by atoms with Crippen LogP contribution >= 0.6 is 0 Å². The molecule has 7 aromatic rings. The monoisotopic (exact) mass is 502 g/mol. The van der Waals surface area contributed by atoms with Gasteiger partial charge in [-0.2, -0.15) is 0 Å². The fraction of sp³-hybridized carbons (Fsp3) is 0. The van der Waals surface area contributed by atoms with Crippen LogP contribution in [0.1, 0.15) is 0 Å². The molecule has 0 aliphatic carbocycles. The van der Waals surface area contributed by atoms with Crippen molar-refractivity contribution in [2.24, 2.45) is 0 Å². The van der Waals surface area contributed by atoms with Crippen molar-refractivity contribution in [2.75, 3.05) is 0 Å². The molecule has 0 aliphatic rings. The van der Waals surface area contributed by atoms with Gasteiger partial charge >= 0.3 is 0 Å². The largest absolute Gasteiger partial charge is 0.436 e. The lowest BCUT2D eigenvalue weighted by Gasteiger charge is -2.10. The van der Waals surface area contributed by atoms with Crippen LogP contribution in [-0.4, -0.2) is 19.9 Å². The number of oxazole rings is 1. The third-order valence-electron chi connectivity index (χ3n) is 6.58. The molecule has 0 saturated heterocycles. The van der Waals surface area contributed by atoms with E-state index in [2.05, 4.69) is 24.3 Å². The molecule has 0 spiro atoms. The highest BCUT2D eigenvalue weighted by molar-refractivity contribution is 5.90. The Morgan fingerprint density at radius 3 is 1.64 bits per heavy atom. The van der Waals surface area contributed by atoms with Gasteiger partial charge in [0.05, 0.1) is 0 Å².